The van der Waals surface area contributed by atoms with E-state index in [0.29, 0.717) is 6.29 Å². The van der Waals surface area contributed by atoms with Crippen molar-refractivity contribution in [1.29, 1.82) is 0 Å². The lowest BCUT2D eigenvalue weighted by Gasteiger charge is -2.10. The number of benzene rings is 2. The van der Waals surface area contributed by atoms with Gasteiger partial charge in [-0.05, 0) is 17.7 Å². The number of hydrogen-bond donors (Lipinski definition) is 0. The Labute approximate surface area is 102 Å². The lowest BCUT2D eigenvalue weighted by atomic mass is 10.0. The van der Waals surface area contributed by atoms with Crippen LogP contribution in [0.3, 0.4) is 0 Å². The molecule has 18 heavy (non-hydrogen) atoms. The molecule has 0 bridgehead atoms. The van der Waals surface area contributed by atoms with Gasteiger partial charge >= 0.3 is 0 Å². The van der Waals surface area contributed by atoms with Gasteiger partial charge in [0.05, 0.1) is 0 Å². The van der Waals surface area contributed by atoms with E-state index in [1.807, 2.05) is 0 Å². The molecule has 1 nitrogen and oxygen atoms in total. The minimum absolute atomic E-state index is 0.115. The molecule has 2 aromatic carbocycles. The van der Waals surface area contributed by atoms with E-state index in [1.54, 1.807) is 0 Å². The van der Waals surface area contributed by atoms with E-state index < -0.39 is 17.8 Å². The molecule has 0 amide bonds. The Morgan fingerprint density at radius 3 is 2.50 bits per heavy atom. The molecule has 0 saturated carbocycles. The third-order valence-corrected chi connectivity index (χ3v) is 2.59. The van der Waals surface area contributed by atoms with Gasteiger partial charge in [-0.15, -0.1) is 0 Å². The number of rotatable bonds is 3. The van der Waals surface area contributed by atoms with Crippen LogP contribution >= 0.6 is 0 Å². The Kier molecular flexibility index (Phi) is 3.46. The molecule has 0 heterocycles. The van der Waals surface area contributed by atoms with Crippen molar-refractivity contribution in [3.05, 3.63) is 70.8 Å². The van der Waals surface area contributed by atoms with Gasteiger partial charge in [-0.1, -0.05) is 30.3 Å². The third-order valence-electron chi connectivity index (χ3n) is 2.59. The number of carbonyl (C=O) groups excluding carboxylic acids is 1. The zero-order valence-corrected chi connectivity index (χ0v) is 9.24. The summed E-state index contributed by atoms with van der Waals surface area (Å²) < 4.78 is 40.5. The maximum atomic E-state index is 14.1. The van der Waals surface area contributed by atoms with Crippen molar-refractivity contribution in [2.24, 2.45) is 0 Å². The summed E-state index contributed by atoms with van der Waals surface area (Å²) in [4.78, 5) is 10.6. The largest absolute Gasteiger partial charge is 0.298 e. The molecule has 1 atom stereocenters. The molecule has 0 fully saturated rings. The predicted octanol–water partition coefficient (Wildman–Crippen LogP) is 3.84. The highest BCUT2D eigenvalue weighted by Crippen LogP contribution is 2.29. The van der Waals surface area contributed by atoms with Crippen molar-refractivity contribution in [1.82, 2.24) is 0 Å². The maximum absolute atomic E-state index is 14.1. The molecule has 2 rings (SSSR count). The van der Waals surface area contributed by atoms with Crippen LogP contribution in [0.4, 0.5) is 13.2 Å². The SMILES string of the molecule is O=Cc1cccc(C(F)c2cccc(F)c2F)c1. The molecule has 4 heteroatoms. The number of hydrogen-bond acceptors (Lipinski definition) is 1. The molecule has 0 aliphatic heterocycles. The quantitative estimate of drug-likeness (QED) is 0.756. The molecule has 0 aliphatic carbocycles. The van der Waals surface area contributed by atoms with Crippen LogP contribution in [0.15, 0.2) is 42.5 Å². The molecule has 0 aromatic heterocycles. The van der Waals surface area contributed by atoms with Gasteiger partial charge < -0.3 is 0 Å². The van der Waals surface area contributed by atoms with Crippen LogP contribution < -0.4 is 0 Å². The fourth-order valence-electron chi connectivity index (χ4n) is 1.69. The van der Waals surface area contributed by atoms with Gasteiger partial charge in [0.1, 0.15) is 6.29 Å². The number of alkyl halides is 1. The number of halogens is 3. The summed E-state index contributed by atoms with van der Waals surface area (Å²) >= 11 is 0. The first-order valence-corrected chi connectivity index (χ1v) is 5.26. The molecule has 0 radical (unpaired) electrons. The summed E-state index contributed by atoms with van der Waals surface area (Å²) in [5.74, 6) is -2.30. The van der Waals surface area contributed by atoms with Crippen LogP contribution in [0.25, 0.3) is 0 Å². The highest BCUT2D eigenvalue weighted by molar-refractivity contribution is 5.75. The fraction of sp³-hybridized carbons (Fsp3) is 0.0714. The first-order chi connectivity index (χ1) is 8.63. The van der Waals surface area contributed by atoms with E-state index >= 15 is 0 Å². The van der Waals surface area contributed by atoms with Crippen LogP contribution in [0, 0.1) is 11.6 Å². The number of carbonyl (C=O) groups is 1. The Bertz CT molecular complexity index is 581. The van der Waals surface area contributed by atoms with Gasteiger partial charge in [-0.2, -0.15) is 0 Å². The van der Waals surface area contributed by atoms with Gasteiger partial charge in [0.25, 0.3) is 0 Å². The molecule has 0 aliphatic rings. The molecule has 0 saturated heterocycles. The van der Waals surface area contributed by atoms with Crippen LogP contribution in [0.2, 0.25) is 0 Å². The van der Waals surface area contributed by atoms with Gasteiger partial charge in [0.2, 0.25) is 0 Å². The second-order valence-electron chi connectivity index (χ2n) is 3.79. The van der Waals surface area contributed by atoms with Gasteiger partial charge in [-0.25, -0.2) is 13.2 Å². The van der Waals surface area contributed by atoms with Crippen LogP contribution in [0.1, 0.15) is 27.7 Å². The summed E-state index contributed by atoms with van der Waals surface area (Å²) in [6.07, 6.45) is -1.24. The van der Waals surface area contributed by atoms with Crippen LogP contribution in [-0.4, -0.2) is 6.29 Å². The standard InChI is InChI=1S/C14H9F3O/c15-12-6-2-5-11(14(12)17)13(16)10-4-1-3-9(7-10)8-18/h1-8,13H. The van der Waals surface area contributed by atoms with Crippen LogP contribution in [0.5, 0.6) is 0 Å². The Hall–Kier alpha value is -2.10. The molecular formula is C14H9F3O. The van der Waals surface area contributed by atoms with Crippen molar-refractivity contribution in [2.45, 2.75) is 6.17 Å². The molecule has 0 spiro atoms. The second-order valence-corrected chi connectivity index (χ2v) is 3.79. The summed E-state index contributed by atoms with van der Waals surface area (Å²) in [5.41, 5.74) is 0.0223. The van der Waals surface area contributed by atoms with Crippen molar-refractivity contribution in [3.8, 4) is 0 Å². The monoisotopic (exact) mass is 250 g/mol. The van der Waals surface area contributed by atoms with E-state index in [0.717, 1.165) is 6.07 Å². The summed E-state index contributed by atoms with van der Waals surface area (Å²) in [6, 6.07) is 9.06. The average Bonchev–Trinajstić information content (AvgIpc) is 2.41. The van der Waals surface area contributed by atoms with Gasteiger partial charge in [-0.3, -0.25) is 4.79 Å². The lowest BCUT2D eigenvalue weighted by Crippen LogP contribution is -2.00. The Balaban J connectivity index is 2.44. The Morgan fingerprint density at radius 2 is 1.78 bits per heavy atom. The first-order valence-electron chi connectivity index (χ1n) is 5.26. The third kappa shape index (κ3) is 2.27. The summed E-state index contributed by atoms with van der Waals surface area (Å²) in [6.45, 7) is 0. The van der Waals surface area contributed by atoms with Crippen molar-refractivity contribution >= 4 is 6.29 Å². The highest BCUT2D eigenvalue weighted by atomic mass is 19.2. The predicted molar refractivity (Wildman–Crippen MR) is 61.1 cm³/mol. The van der Waals surface area contributed by atoms with E-state index in [4.69, 9.17) is 0 Å². The maximum Gasteiger partial charge on any atom is 0.165 e. The normalized spacial score (nSPS) is 12.2. The smallest absolute Gasteiger partial charge is 0.165 e. The molecule has 92 valence electrons. The molecule has 1 unspecified atom stereocenters. The molecule has 2 aromatic rings. The van der Waals surface area contributed by atoms with E-state index in [9.17, 15) is 18.0 Å². The topological polar surface area (TPSA) is 17.1 Å². The van der Waals surface area contributed by atoms with Crippen molar-refractivity contribution in [2.75, 3.05) is 0 Å². The minimum atomic E-state index is -1.81. The number of aldehydes is 1. The van der Waals surface area contributed by atoms with Crippen LogP contribution in [-0.2, 0) is 0 Å². The van der Waals surface area contributed by atoms with Crippen molar-refractivity contribution in [3.63, 3.8) is 0 Å². The second kappa shape index (κ2) is 5.04. The fourth-order valence-corrected chi connectivity index (χ4v) is 1.69. The summed E-state index contributed by atoms with van der Waals surface area (Å²) in [5, 5.41) is 0. The lowest BCUT2D eigenvalue weighted by molar-refractivity contribution is 0.112. The summed E-state index contributed by atoms with van der Waals surface area (Å²) in [7, 11) is 0. The first kappa shape index (κ1) is 12.4. The highest BCUT2D eigenvalue weighted by Gasteiger charge is 2.19. The van der Waals surface area contributed by atoms with E-state index in [1.165, 1.54) is 36.4 Å². The Morgan fingerprint density at radius 1 is 1.06 bits per heavy atom. The zero-order valence-electron chi connectivity index (χ0n) is 9.24. The average molecular weight is 250 g/mol. The van der Waals surface area contributed by atoms with E-state index in [-0.39, 0.29) is 16.7 Å². The van der Waals surface area contributed by atoms with Gasteiger partial charge in [0, 0.05) is 11.1 Å². The minimum Gasteiger partial charge on any atom is -0.298 e. The van der Waals surface area contributed by atoms with Gasteiger partial charge in [0.15, 0.2) is 17.8 Å². The van der Waals surface area contributed by atoms with E-state index in [2.05, 4.69) is 0 Å². The van der Waals surface area contributed by atoms with Crippen molar-refractivity contribution < 1.29 is 18.0 Å². The molecule has 0 N–H and O–H groups in total. The molecular weight excluding hydrogens is 241 g/mol. The zero-order chi connectivity index (χ0) is 13.1.